The van der Waals surface area contributed by atoms with Crippen LogP contribution in [0.5, 0.6) is 0 Å². The minimum atomic E-state index is -0.680. The molecule has 0 saturated carbocycles. The van der Waals surface area contributed by atoms with Gasteiger partial charge in [-0.15, -0.1) is 0 Å². The summed E-state index contributed by atoms with van der Waals surface area (Å²) in [5.41, 5.74) is 6.47. The normalized spacial score (nSPS) is 29.0. The lowest BCUT2D eigenvalue weighted by Crippen LogP contribution is -2.20. The SMILES string of the molecule is CC1=CC[S+]([O-])C1C/C=C(\C)CCC1=C(C)CCCC1(C)C. The van der Waals surface area contributed by atoms with E-state index >= 15 is 0 Å². The first-order valence-corrected chi connectivity index (χ1v) is 10.1. The summed E-state index contributed by atoms with van der Waals surface area (Å²) in [7, 11) is 0. The van der Waals surface area contributed by atoms with Crippen molar-refractivity contribution in [2.45, 2.75) is 78.4 Å². The highest BCUT2D eigenvalue weighted by Crippen LogP contribution is 2.42. The van der Waals surface area contributed by atoms with E-state index in [-0.39, 0.29) is 5.25 Å². The van der Waals surface area contributed by atoms with Crippen molar-refractivity contribution in [1.29, 1.82) is 0 Å². The predicted molar refractivity (Wildman–Crippen MR) is 98.5 cm³/mol. The van der Waals surface area contributed by atoms with Crippen LogP contribution in [0.15, 0.2) is 34.4 Å². The highest BCUT2D eigenvalue weighted by molar-refractivity contribution is 7.92. The van der Waals surface area contributed by atoms with Crippen LogP contribution in [-0.4, -0.2) is 15.6 Å². The standard InChI is InChI=1S/C20H32OS/c1-15(9-11-19-17(3)12-14-22(19)21)8-10-18-16(2)7-6-13-20(18,4)5/h9,12,19H,6-8,10-11,13-14H2,1-5H3/b15-9+. The zero-order chi connectivity index (χ0) is 16.3. The number of allylic oxidation sites excluding steroid dienone is 4. The van der Waals surface area contributed by atoms with E-state index < -0.39 is 11.2 Å². The Hall–Kier alpha value is -0.470. The zero-order valence-electron chi connectivity index (χ0n) is 15.0. The molecule has 0 amide bonds. The van der Waals surface area contributed by atoms with Crippen LogP contribution in [-0.2, 0) is 11.2 Å². The van der Waals surface area contributed by atoms with Crippen molar-refractivity contribution < 1.29 is 4.55 Å². The average Bonchev–Trinajstić information content (AvgIpc) is 2.74. The summed E-state index contributed by atoms with van der Waals surface area (Å²) in [6.45, 7) is 11.5. The highest BCUT2D eigenvalue weighted by Gasteiger charge is 2.29. The van der Waals surface area contributed by atoms with Gasteiger partial charge in [0.2, 0.25) is 0 Å². The van der Waals surface area contributed by atoms with Crippen molar-refractivity contribution in [3.63, 3.8) is 0 Å². The van der Waals surface area contributed by atoms with Gasteiger partial charge >= 0.3 is 0 Å². The van der Waals surface area contributed by atoms with Crippen LogP contribution >= 0.6 is 0 Å². The van der Waals surface area contributed by atoms with E-state index in [1.54, 1.807) is 11.1 Å². The number of hydrogen-bond donors (Lipinski definition) is 0. The van der Waals surface area contributed by atoms with Gasteiger partial charge < -0.3 is 4.55 Å². The zero-order valence-corrected chi connectivity index (χ0v) is 15.8. The van der Waals surface area contributed by atoms with Crippen molar-refractivity contribution >= 4 is 11.2 Å². The number of hydrogen-bond acceptors (Lipinski definition) is 1. The van der Waals surface area contributed by atoms with Crippen LogP contribution in [0.1, 0.15) is 73.1 Å². The molecule has 0 fully saturated rings. The Morgan fingerprint density at radius 1 is 1.41 bits per heavy atom. The van der Waals surface area contributed by atoms with E-state index in [4.69, 9.17) is 0 Å². The molecule has 2 heteroatoms. The molecule has 0 radical (unpaired) electrons. The second-order valence-electron chi connectivity index (χ2n) is 7.77. The minimum Gasteiger partial charge on any atom is -0.616 e. The molecule has 2 unspecified atom stereocenters. The molecule has 0 spiro atoms. The van der Waals surface area contributed by atoms with Crippen molar-refractivity contribution in [3.8, 4) is 0 Å². The van der Waals surface area contributed by atoms with Gasteiger partial charge in [-0.25, -0.2) is 0 Å². The van der Waals surface area contributed by atoms with Crippen molar-refractivity contribution in [3.05, 3.63) is 34.4 Å². The Morgan fingerprint density at radius 3 is 2.73 bits per heavy atom. The third kappa shape index (κ3) is 4.29. The molecular formula is C20H32OS. The van der Waals surface area contributed by atoms with E-state index in [2.05, 4.69) is 46.8 Å². The molecular weight excluding hydrogens is 288 g/mol. The summed E-state index contributed by atoms with van der Waals surface area (Å²) in [5.74, 6) is 0.754. The summed E-state index contributed by atoms with van der Waals surface area (Å²) in [5, 5.41) is 0.266. The molecule has 2 rings (SSSR count). The minimum absolute atomic E-state index is 0.266. The van der Waals surface area contributed by atoms with Gasteiger partial charge in [-0.3, -0.25) is 0 Å². The lowest BCUT2D eigenvalue weighted by atomic mass is 9.71. The maximum atomic E-state index is 12.0. The van der Waals surface area contributed by atoms with Gasteiger partial charge in [0.05, 0.1) is 0 Å². The lowest BCUT2D eigenvalue weighted by Gasteiger charge is -2.35. The van der Waals surface area contributed by atoms with Crippen molar-refractivity contribution in [1.82, 2.24) is 0 Å². The molecule has 2 atom stereocenters. The lowest BCUT2D eigenvalue weighted by molar-refractivity contribution is 0.354. The van der Waals surface area contributed by atoms with E-state index in [1.807, 2.05) is 0 Å². The van der Waals surface area contributed by atoms with E-state index in [0.717, 1.165) is 18.6 Å². The monoisotopic (exact) mass is 320 g/mol. The van der Waals surface area contributed by atoms with Gasteiger partial charge in [-0.05, 0) is 81.1 Å². The quantitative estimate of drug-likeness (QED) is 0.470. The van der Waals surface area contributed by atoms with Gasteiger partial charge in [-0.1, -0.05) is 36.6 Å². The largest absolute Gasteiger partial charge is 0.616 e. The molecule has 0 saturated heterocycles. The highest BCUT2D eigenvalue weighted by atomic mass is 32.2. The second kappa shape index (κ2) is 7.40. The Balaban J connectivity index is 1.91. The maximum absolute atomic E-state index is 12.0. The fourth-order valence-corrected chi connectivity index (χ4v) is 5.40. The molecule has 0 N–H and O–H groups in total. The van der Waals surface area contributed by atoms with Crippen LogP contribution in [0.3, 0.4) is 0 Å². The second-order valence-corrected chi connectivity index (χ2v) is 9.43. The summed E-state index contributed by atoms with van der Waals surface area (Å²) in [6.07, 6.45) is 11.7. The summed E-state index contributed by atoms with van der Waals surface area (Å²) < 4.78 is 12.0. The molecule has 2 aliphatic rings. The maximum Gasteiger partial charge on any atom is 0.140 e. The smallest absolute Gasteiger partial charge is 0.140 e. The van der Waals surface area contributed by atoms with E-state index in [9.17, 15) is 4.55 Å². The first-order valence-electron chi connectivity index (χ1n) is 8.70. The molecule has 0 aromatic rings. The first-order chi connectivity index (χ1) is 10.3. The molecule has 0 bridgehead atoms. The fourth-order valence-electron chi connectivity index (χ4n) is 3.92. The Bertz CT molecular complexity index is 496. The molecule has 124 valence electrons. The topological polar surface area (TPSA) is 23.1 Å². The first kappa shape index (κ1) is 17.9. The third-order valence-corrected chi connectivity index (χ3v) is 7.22. The number of rotatable bonds is 5. The van der Waals surface area contributed by atoms with Crippen LogP contribution in [0.25, 0.3) is 0 Å². The van der Waals surface area contributed by atoms with Gasteiger partial charge in [-0.2, -0.15) is 0 Å². The van der Waals surface area contributed by atoms with Crippen LogP contribution < -0.4 is 0 Å². The van der Waals surface area contributed by atoms with Crippen molar-refractivity contribution in [2.24, 2.45) is 5.41 Å². The summed E-state index contributed by atoms with van der Waals surface area (Å²) in [4.78, 5) is 0. The van der Waals surface area contributed by atoms with Crippen LogP contribution in [0.2, 0.25) is 0 Å². The third-order valence-electron chi connectivity index (χ3n) is 5.53. The van der Waals surface area contributed by atoms with Gasteiger partial charge in [0.1, 0.15) is 11.0 Å². The van der Waals surface area contributed by atoms with Gasteiger partial charge in [0.25, 0.3) is 0 Å². The molecule has 1 nitrogen and oxygen atoms in total. The van der Waals surface area contributed by atoms with E-state index in [1.165, 1.54) is 36.8 Å². The summed E-state index contributed by atoms with van der Waals surface area (Å²) >= 11 is -0.680. The predicted octanol–water partition coefficient (Wildman–Crippen LogP) is 5.71. The van der Waals surface area contributed by atoms with Crippen molar-refractivity contribution in [2.75, 3.05) is 5.75 Å². The molecule has 1 aliphatic carbocycles. The fraction of sp³-hybridized carbons (Fsp3) is 0.700. The molecule has 22 heavy (non-hydrogen) atoms. The Labute approximate surface area is 140 Å². The van der Waals surface area contributed by atoms with Crippen LogP contribution in [0, 0.1) is 5.41 Å². The molecule has 1 aliphatic heterocycles. The molecule has 0 aromatic carbocycles. The molecule has 1 heterocycles. The van der Waals surface area contributed by atoms with Crippen LogP contribution in [0.4, 0.5) is 0 Å². The summed E-state index contributed by atoms with van der Waals surface area (Å²) in [6, 6.07) is 0. The van der Waals surface area contributed by atoms with E-state index in [0.29, 0.717) is 5.41 Å². The average molecular weight is 321 g/mol. The van der Waals surface area contributed by atoms with Gasteiger partial charge in [0.15, 0.2) is 0 Å². The Kier molecular flexibility index (Phi) is 6.01. The molecule has 0 aromatic heterocycles. The Morgan fingerprint density at radius 2 is 2.14 bits per heavy atom. The van der Waals surface area contributed by atoms with Gasteiger partial charge in [0, 0.05) is 6.42 Å².